The summed E-state index contributed by atoms with van der Waals surface area (Å²) in [5.74, 6) is 0.129. The summed E-state index contributed by atoms with van der Waals surface area (Å²) in [5, 5.41) is 0. The van der Waals surface area contributed by atoms with Gasteiger partial charge < -0.3 is 15.2 Å². The van der Waals surface area contributed by atoms with Crippen LogP contribution in [0.25, 0.3) is 11.2 Å². The number of fused-ring (bicyclic) bond motifs is 3. The maximum absolute atomic E-state index is 13.0. The van der Waals surface area contributed by atoms with Crippen molar-refractivity contribution in [1.82, 2.24) is 18.7 Å². The van der Waals surface area contributed by atoms with Crippen molar-refractivity contribution < 1.29 is 4.79 Å². The van der Waals surface area contributed by atoms with Crippen molar-refractivity contribution in [3.8, 4) is 0 Å². The van der Waals surface area contributed by atoms with Gasteiger partial charge in [0, 0.05) is 25.8 Å². The number of benzene rings is 1. The van der Waals surface area contributed by atoms with Gasteiger partial charge in [0.05, 0.1) is 0 Å². The minimum absolute atomic E-state index is 0.255. The lowest BCUT2D eigenvalue weighted by atomic mass is 10.1. The van der Waals surface area contributed by atoms with Crippen LogP contribution in [0.3, 0.4) is 0 Å². The number of primary amides is 1. The van der Waals surface area contributed by atoms with Crippen molar-refractivity contribution in [2.75, 3.05) is 11.4 Å². The molecule has 0 radical (unpaired) electrons. The average molecular weight is 382 g/mol. The number of rotatable bonds is 3. The number of amides is 1. The highest BCUT2D eigenvalue weighted by Crippen LogP contribution is 2.34. The molecule has 2 aromatic heterocycles. The lowest BCUT2D eigenvalue weighted by molar-refractivity contribution is -0.118. The Morgan fingerprint density at radius 1 is 1.25 bits per heavy atom. The molecule has 0 bridgehead atoms. The van der Waals surface area contributed by atoms with Crippen LogP contribution in [0.2, 0.25) is 0 Å². The zero-order valence-corrected chi connectivity index (χ0v) is 16.0. The largest absolute Gasteiger partial charge is 0.368 e. The third-order valence-corrected chi connectivity index (χ3v) is 5.16. The normalized spacial score (nSPS) is 16.4. The van der Waals surface area contributed by atoms with Crippen LogP contribution >= 0.6 is 0 Å². The van der Waals surface area contributed by atoms with Gasteiger partial charge in [-0.25, -0.2) is 9.36 Å². The number of nitrogens with two attached hydrogens (primary N) is 1. The van der Waals surface area contributed by atoms with Crippen molar-refractivity contribution in [1.29, 1.82) is 0 Å². The lowest BCUT2D eigenvalue weighted by Gasteiger charge is -2.33. The third-order valence-electron chi connectivity index (χ3n) is 5.16. The predicted octanol–water partition coefficient (Wildman–Crippen LogP) is 0.478. The fourth-order valence-electron chi connectivity index (χ4n) is 3.87. The SMILES string of the molecule is Cc1ccccc1N1CC(C)Cn2c1nc1c2c(=O)n(CC(N)=O)c(=O)n1C. The summed E-state index contributed by atoms with van der Waals surface area (Å²) in [6, 6.07) is 7.98. The Morgan fingerprint density at radius 3 is 2.64 bits per heavy atom. The Bertz CT molecular complexity index is 1220. The summed E-state index contributed by atoms with van der Waals surface area (Å²) in [6.07, 6.45) is 0. The van der Waals surface area contributed by atoms with E-state index in [1.54, 1.807) is 7.05 Å². The van der Waals surface area contributed by atoms with Gasteiger partial charge in [0.2, 0.25) is 11.9 Å². The second-order valence-electron chi connectivity index (χ2n) is 7.40. The van der Waals surface area contributed by atoms with Gasteiger partial charge in [-0.3, -0.25) is 14.2 Å². The maximum atomic E-state index is 13.0. The van der Waals surface area contributed by atoms with Gasteiger partial charge in [0.15, 0.2) is 11.2 Å². The molecule has 1 aromatic carbocycles. The Kier molecular flexibility index (Phi) is 4.10. The van der Waals surface area contributed by atoms with Crippen LogP contribution in [0, 0.1) is 12.8 Å². The Hall–Kier alpha value is -3.36. The van der Waals surface area contributed by atoms with E-state index in [4.69, 9.17) is 5.73 Å². The molecule has 0 fully saturated rings. The van der Waals surface area contributed by atoms with Gasteiger partial charge in [0.25, 0.3) is 5.56 Å². The number of aromatic nitrogens is 4. The minimum atomic E-state index is -0.744. The second kappa shape index (κ2) is 6.36. The molecule has 1 amide bonds. The third kappa shape index (κ3) is 2.62. The molecule has 3 heterocycles. The van der Waals surface area contributed by atoms with E-state index in [9.17, 15) is 14.4 Å². The van der Waals surface area contributed by atoms with Crippen molar-refractivity contribution in [2.45, 2.75) is 26.9 Å². The highest BCUT2D eigenvalue weighted by molar-refractivity contribution is 5.78. The second-order valence-corrected chi connectivity index (χ2v) is 7.40. The number of para-hydroxylation sites is 1. The predicted molar refractivity (Wildman–Crippen MR) is 106 cm³/mol. The van der Waals surface area contributed by atoms with Crippen LogP contribution in [0.4, 0.5) is 11.6 Å². The monoisotopic (exact) mass is 382 g/mol. The van der Waals surface area contributed by atoms with Gasteiger partial charge in [-0.1, -0.05) is 25.1 Å². The summed E-state index contributed by atoms with van der Waals surface area (Å²) >= 11 is 0. The Balaban J connectivity index is 2.04. The molecule has 146 valence electrons. The van der Waals surface area contributed by atoms with Crippen molar-refractivity contribution in [3.05, 3.63) is 50.7 Å². The molecule has 1 atom stereocenters. The number of hydrogen-bond acceptors (Lipinski definition) is 5. The fourth-order valence-corrected chi connectivity index (χ4v) is 3.87. The molecule has 2 N–H and O–H groups in total. The first-order valence-corrected chi connectivity index (χ1v) is 9.11. The number of carbonyl (C=O) groups excluding carboxylic acids is 1. The van der Waals surface area contributed by atoms with E-state index in [1.165, 1.54) is 4.57 Å². The highest BCUT2D eigenvalue weighted by atomic mass is 16.2. The highest BCUT2D eigenvalue weighted by Gasteiger charge is 2.30. The summed E-state index contributed by atoms with van der Waals surface area (Å²) in [5.41, 5.74) is 6.79. The van der Waals surface area contributed by atoms with Gasteiger partial charge in [0.1, 0.15) is 6.54 Å². The summed E-state index contributed by atoms with van der Waals surface area (Å²) < 4.78 is 4.01. The van der Waals surface area contributed by atoms with Gasteiger partial charge in [-0.2, -0.15) is 4.98 Å². The molecule has 0 spiro atoms. The fraction of sp³-hybridized carbons (Fsp3) is 0.368. The summed E-state index contributed by atoms with van der Waals surface area (Å²) in [6.45, 7) is 5.01. The van der Waals surface area contributed by atoms with Crippen molar-refractivity contribution >= 4 is 28.7 Å². The quantitative estimate of drug-likeness (QED) is 0.709. The van der Waals surface area contributed by atoms with E-state index in [-0.39, 0.29) is 5.92 Å². The van der Waals surface area contributed by atoms with E-state index >= 15 is 0 Å². The van der Waals surface area contributed by atoms with Crippen LogP contribution in [0.15, 0.2) is 33.9 Å². The van der Waals surface area contributed by atoms with Crippen LogP contribution in [0.5, 0.6) is 0 Å². The number of nitrogens with zero attached hydrogens (tertiary/aromatic N) is 5. The Labute approximate surface area is 160 Å². The standard InChI is InChI=1S/C19H22N6O3/c1-11-8-23(13-7-5-4-6-12(13)2)18-21-16-15(24(18)9-11)17(27)25(10-14(20)26)19(28)22(16)3/h4-7,11H,8-10H2,1-3H3,(H2,20,26). The number of anilines is 2. The van der Waals surface area contributed by atoms with E-state index in [2.05, 4.69) is 16.8 Å². The molecule has 9 nitrogen and oxygen atoms in total. The first kappa shape index (κ1) is 18.0. The number of imidazole rings is 1. The van der Waals surface area contributed by atoms with Gasteiger partial charge in [-0.15, -0.1) is 0 Å². The smallest absolute Gasteiger partial charge is 0.332 e. The number of hydrogen-bond donors (Lipinski definition) is 1. The summed E-state index contributed by atoms with van der Waals surface area (Å²) in [7, 11) is 1.54. The summed E-state index contributed by atoms with van der Waals surface area (Å²) in [4.78, 5) is 43.7. The first-order valence-electron chi connectivity index (χ1n) is 9.11. The van der Waals surface area contributed by atoms with Crippen molar-refractivity contribution in [2.24, 2.45) is 18.7 Å². The van der Waals surface area contributed by atoms with E-state index in [0.717, 1.165) is 22.4 Å². The maximum Gasteiger partial charge on any atom is 0.332 e. The zero-order valence-electron chi connectivity index (χ0n) is 16.0. The van der Waals surface area contributed by atoms with Gasteiger partial charge in [-0.05, 0) is 24.5 Å². The molecule has 1 aliphatic heterocycles. The van der Waals surface area contributed by atoms with Gasteiger partial charge >= 0.3 is 5.69 Å². The average Bonchev–Trinajstić information content (AvgIpc) is 3.02. The van der Waals surface area contributed by atoms with Crippen LogP contribution in [-0.4, -0.2) is 31.1 Å². The lowest BCUT2D eigenvalue weighted by Crippen LogP contribution is -2.43. The molecule has 1 aliphatic rings. The molecule has 1 unspecified atom stereocenters. The minimum Gasteiger partial charge on any atom is -0.368 e. The topological polar surface area (TPSA) is 108 Å². The molecule has 9 heteroatoms. The zero-order chi connectivity index (χ0) is 20.2. The molecule has 0 saturated carbocycles. The van der Waals surface area contributed by atoms with E-state index in [0.29, 0.717) is 23.7 Å². The van der Waals surface area contributed by atoms with E-state index in [1.807, 2.05) is 35.8 Å². The molecule has 4 rings (SSSR count). The number of carbonyl (C=O) groups is 1. The molecular formula is C19H22N6O3. The molecular weight excluding hydrogens is 360 g/mol. The molecule has 28 heavy (non-hydrogen) atoms. The molecule has 0 saturated heterocycles. The molecule has 0 aliphatic carbocycles. The van der Waals surface area contributed by atoms with Crippen LogP contribution in [-0.2, 0) is 24.9 Å². The Morgan fingerprint density at radius 2 is 1.96 bits per heavy atom. The molecule has 3 aromatic rings. The first-order chi connectivity index (χ1) is 13.3. The van der Waals surface area contributed by atoms with Crippen molar-refractivity contribution in [3.63, 3.8) is 0 Å². The van der Waals surface area contributed by atoms with E-state index < -0.39 is 23.7 Å². The van der Waals surface area contributed by atoms with Crippen LogP contribution in [0.1, 0.15) is 12.5 Å². The van der Waals surface area contributed by atoms with Crippen LogP contribution < -0.4 is 21.9 Å². The number of aryl methyl sites for hydroxylation is 2.